The van der Waals surface area contributed by atoms with E-state index < -0.39 is 0 Å². The Morgan fingerprint density at radius 1 is 1.35 bits per heavy atom. The summed E-state index contributed by atoms with van der Waals surface area (Å²) in [6, 6.07) is -0.255. The third kappa shape index (κ3) is 6.19. The molecule has 130 valence electrons. The normalized spacial score (nSPS) is 17.0. The largest absolute Gasteiger partial charge is 0.396 e. The van der Waals surface area contributed by atoms with Crippen molar-refractivity contribution in [3.63, 3.8) is 0 Å². The van der Waals surface area contributed by atoms with Crippen molar-refractivity contribution < 1.29 is 9.90 Å². The van der Waals surface area contributed by atoms with Crippen LogP contribution in [0.5, 0.6) is 0 Å². The van der Waals surface area contributed by atoms with Crippen LogP contribution in [-0.2, 0) is 6.54 Å². The lowest BCUT2D eigenvalue weighted by atomic mass is 10.1. The van der Waals surface area contributed by atoms with Gasteiger partial charge in [-0.1, -0.05) is 13.3 Å². The quantitative estimate of drug-likeness (QED) is 0.679. The summed E-state index contributed by atoms with van der Waals surface area (Å²) >= 11 is 0. The highest BCUT2D eigenvalue weighted by Crippen LogP contribution is 2.09. The van der Waals surface area contributed by atoms with E-state index in [-0.39, 0.29) is 18.7 Å². The number of likely N-dealkylation sites (tertiary alicyclic amines) is 1. The number of nitrogens with zero attached hydrogens (tertiary/aromatic N) is 3. The Kier molecular flexibility index (Phi) is 7.35. The molecule has 0 bridgehead atoms. The first kappa shape index (κ1) is 17.7. The van der Waals surface area contributed by atoms with Gasteiger partial charge in [0.25, 0.3) is 0 Å². The second kappa shape index (κ2) is 9.52. The van der Waals surface area contributed by atoms with Crippen molar-refractivity contribution in [2.24, 2.45) is 0 Å². The summed E-state index contributed by atoms with van der Waals surface area (Å²) in [6.07, 6.45) is 8.81. The molecule has 7 nitrogen and oxygen atoms in total. The van der Waals surface area contributed by atoms with E-state index in [0.29, 0.717) is 12.1 Å². The topological polar surface area (TPSA) is 82.4 Å². The van der Waals surface area contributed by atoms with E-state index in [1.807, 2.05) is 17.8 Å². The number of carbonyl (C=O) groups is 1. The van der Waals surface area contributed by atoms with Gasteiger partial charge in [-0.15, -0.1) is 0 Å². The summed E-state index contributed by atoms with van der Waals surface area (Å²) < 4.78 is 1.87. The molecule has 1 aliphatic rings. The summed E-state index contributed by atoms with van der Waals surface area (Å²) in [7, 11) is 0. The molecule has 1 unspecified atom stereocenters. The number of rotatable bonds is 8. The number of nitrogens with one attached hydrogen (secondary N) is 2. The fraction of sp³-hybridized carbons (Fsp3) is 0.750. The minimum atomic E-state index is -0.249. The highest BCUT2D eigenvalue weighted by Gasteiger charge is 2.12. The second-order valence-electron chi connectivity index (χ2n) is 6.11. The molecule has 2 heterocycles. The monoisotopic (exact) mass is 323 g/mol. The van der Waals surface area contributed by atoms with Crippen LogP contribution in [0, 0.1) is 0 Å². The van der Waals surface area contributed by atoms with E-state index in [2.05, 4.69) is 20.6 Å². The third-order valence-corrected chi connectivity index (χ3v) is 4.29. The lowest BCUT2D eigenvalue weighted by molar-refractivity contribution is 0.218. The molecule has 0 saturated carbocycles. The van der Waals surface area contributed by atoms with Crippen molar-refractivity contribution in [3.05, 3.63) is 12.4 Å². The molecule has 1 saturated heterocycles. The number of aliphatic hydroxyl groups excluding tert-OH is 1. The lowest BCUT2D eigenvalue weighted by Crippen LogP contribution is -2.38. The van der Waals surface area contributed by atoms with Gasteiger partial charge in [0.05, 0.1) is 18.4 Å². The van der Waals surface area contributed by atoms with Crippen molar-refractivity contribution in [1.29, 1.82) is 0 Å². The number of aliphatic hydroxyl groups is 1. The van der Waals surface area contributed by atoms with Crippen LogP contribution in [0.1, 0.15) is 39.0 Å². The van der Waals surface area contributed by atoms with Gasteiger partial charge < -0.3 is 20.6 Å². The van der Waals surface area contributed by atoms with Gasteiger partial charge in [0.1, 0.15) is 0 Å². The Labute approximate surface area is 138 Å². The molecule has 1 aliphatic heterocycles. The van der Waals surface area contributed by atoms with E-state index in [1.54, 1.807) is 6.20 Å². The molecular weight excluding hydrogens is 294 g/mol. The SMILES string of the molecule is CCC(CCO)NC(=O)Nc1cnn(CCN2CCCCC2)c1. The van der Waals surface area contributed by atoms with Crippen LogP contribution in [-0.4, -0.2) is 58.1 Å². The van der Waals surface area contributed by atoms with E-state index in [4.69, 9.17) is 5.11 Å². The average Bonchev–Trinajstić information content (AvgIpc) is 3.00. The molecule has 3 N–H and O–H groups in total. The van der Waals surface area contributed by atoms with Crippen LogP contribution in [0.2, 0.25) is 0 Å². The molecule has 1 atom stereocenters. The molecule has 0 aliphatic carbocycles. The molecule has 2 amide bonds. The molecule has 1 aromatic heterocycles. The second-order valence-corrected chi connectivity index (χ2v) is 6.11. The minimum Gasteiger partial charge on any atom is -0.396 e. The smallest absolute Gasteiger partial charge is 0.319 e. The van der Waals surface area contributed by atoms with Gasteiger partial charge in [0, 0.05) is 25.4 Å². The molecule has 1 fully saturated rings. The lowest BCUT2D eigenvalue weighted by Gasteiger charge is -2.26. The van der Waals surface area contributed by atoms with Crippen molar-refractivity contribution in [1.82, 2.24) is 20.0 Å². The van der Waals surface area contributed by atoms with Crippen LogP contribution in [0.15, 0.2) is 12.4 Å². The number of carbonyl (C=O) groups excluding carboxylic acids is 1. The molecule has 2 rings (SSSR count). The average molecular weight is 323 g/mol. The number of piperidine rings is 1. The van der Waals surface area contributed by atoms with Crippen molar-refractivity contribution in [3.8, 4) is 0 Å². The summed E-state index contributed by atoms with van der Waals surface area (Å²) in [5, 5.41) is 18.9. The van der Waals surface area contributed by atoms with Crippen molar-refractivity contribution in [2.45, 2.75) is 51.6 Å². The van der Waals surface area contributed by atoms with Gasteiger partial charge in [0.2, 0.25) is 0 Å². The number of anilines is 1. The zero-order valence-corrected chi connectivity index (χ0v) is 14.0. The van der Waals surface area contributed by atoms with Gasteiger partial charge in [-0.05, 0) is 38.8 Å². The molecule has 0 radical (unpaired) electrons. The Hall–Kier alpha value is -1.60. The van der Waals surface area contributed by atoms with E-state index >= 15 is 0 Å². The van der Waals surface area contributed by atoms with Crippen LogP contribution in [0.4, 0.5) is 10.5 Å². The first-order chi connectivity index (χ1) is 11.2. The van der Waals surface area contributed by atoms with Gasteiger partial charge in [-0.3, -0.25) is 4.68 Å². The third-order valence-electron chi connectivity index (χ3n) is 4.29. The molecule has 7 heteroatoms. The van der Waals surface area contributed by atoms with Crippen molar-refractivity contribution >= 4 is 11.7 Å². The zero-order valence-electron chi connectivity index (χ0n) is 14.0. The Morgan fingerprint density at radius 2 is 2.13 bits per heavy atom. The first-order valence-electron chi connectivity index (χ1n) is 8.64. The van der Waals surface area contributed by atoms with Crippen LogP contribution in [0.3, 0.4) is 0 Å². The Morgan fingerprint density at radius 3 is 2.83 bits per heavy atom. The standard InChI is InChI=1S/C16H29N5O2/c1-2-14(6-11-22)18-16(23)19-15-12-17-21(13-15)10-9-20-7-4-3-5-8-20/h12-14,22H,2-11H2,1H3,(H2,18,19,23). The fourth-order valence-electron chi connectivity index (χ4n) is 2.86. The molecule has 23 heavy (non-hydrogen) atoms. The number of hydrogen-bond donors (Lipinski definition) is 3. The van der Waals surface area contributed by atoms with E-state index in [1.165, 1.54) is 32.4 Å². The number of aromatic nitrogens is 2. The predicted molar refractivity (Wildman–Crippen MR) is 90.5 cm³/mol. The summed E-state index contributed by atoms with van der Waals surface area (Å²) in [4.78, 5) is 14.4. The molecule has 0 aromatic carbocycles. The molecule has 1 aromatic rings. The van der Waals surface area contributed by atoms with Gasteiger partial charge >= 0.3 is 6.03 Å². The highest BCUT2D eigenvalue weighted by molar-refractivity contribution is 5.89. The number of urea groups is 1. The Balaban J connectivity index is 1.74. The summed E-state index contributed by atoms with van der Waals surface area (Å²) in [5.74, 6) is 0. The number of amides is 2. The fourth-order valence-corrected chi connectivity index (χ4v) is 2.86. The van der Waals surface area contributed by atoms with E-state index in [9.17, 15) is 4.79 Å². The van der Waals surface area contributed by atoms with E-state index in [0.717, 1.165) is 19.5 Å². The number of hydrogen-bond acceptors (Lipinski definition) is 4. The molecule has 0 spiro atoms. The minimum absolute atomic E-state index is 0.00542. The van der Waals surface area contributed by atoms with Crippen LogP contribution >= 0.6 is 0 Å². The highest BCUT2D eigenvalue weighted by atomic mass is 16.3. The maximum absolute atomic E-state index is 11.9. The summed E-state index contributed by atoms with van der Waals surface area (Å²) in [6.45, 7) is 6.26. The van der Waals surface area contributed by atoms with Crippen molar-refractivity contribution in [2.75, 3.05) is 31.6 Å². The van der Waals surface area contributed by atoms with Crippen LogP contribution in [0.25, 0.3) is 0 Å². The van der Waals surface area contributed by atoms with Gasteiger partial charge in [-0.2, -0.15) is 5.10 Å². The maximum atomic E-state index is 11.9. The maximum Gasteiger partial charge on any atom is 0.319 e. The van der Waals surface area contributed by atoms with Gasteiger partial charge in [-0.25, -0.2) is 4.79 Å². The Bertz CT molecular complexity index is 471. The van der Waals surface area contributed by atoms with Gasteiger partial charge in [0.15, 0.2) is 0 Å². The summed E-state index contributed by atoms with van der Waals surface area (Å²) in [5.41, 5.74) is 0.694. The predicted octanol–water partition coefficient (Wildman–Crippen LogP) is 1.65. The van der Waals surface area contributed by atoms with Crippen LogP contribution < -0.4 is 10.6 Å². The first-order valence-corrected chi connectivity index (χ1v) is 8.64. The zero-order chi connectivity index (χ0) is 16.5. The molecular formula is C16H29N5O2.